The van der Waals surface area contributed by atoms with Crippen molar-refractivity contribution in [3.63, 3.8) is 0 Å². The summed E-state index contributed by atoms with van der Waals surface area (Å²) in [5, 5.41) is 5.81. The van der Waals surface area contributed by atoms with E-state index in [0.717, 1.165) is 31.5 Å². The minimum Gasteiger partial charge on any atom is -0.432 e. The molecule has 2 aromatic rings. The number of hydrogen-bond donors (Lipinski definition) is 2. The van der Waals surface area contributed by atoms with Crippen LogP contribution in [0.15, 0.2) is 34.9 Å². The first-order chi connectivity index (χ1) is 13.0. The van der Waals surface area contributed by atoms with E-state index in [0.29, 0.717) is 23.4 Å². The first kappa shape index (κ1) is 17.7. The molecule has 4 atom stereocenters. The van der Waals surface area contributed by atoms with Gasteiger partial charge in [0.25, 0.3) is 5.89 Å². The Kier molecular flexibility index (Phi) is 4.70. The molecule has 3 aliphatic heterocycles. The summed E-state index contributed by atoms with van der Waals surface area (Å²) in [4.78, 5) is 30.2. The normalized spacial score (nSPS) is 26.6. The second-order valence-electron chi connectivity index (χ2n) is 7.50. The van der Waals surface area contributed by atoms with Gasteiger partial charge in [-0.05, 0) is 56.5 Å². The van der Waals surface area contributed by atoms with Crippen molar-refractivity contribution < 1.29 is 14.0 Å². The van der Waals surface area contributed by atoms with E-state index in [-0.39, 0.29) is 23.7 Å². The van der Waals surface area contributed by atoms with Gasteiger partial charge >= 0.3 is 5.91 Å². The molecule has 2 amide bonds. The van der Waals surface area contributed by atoms with Crippen molar-refractivity contribution in [3.05, 3.63) is 36.4 Å². The number of hydrogen-bond acceptors (Lipinski definition) is 5. The summed E-state index contributed by atoms with van der Waals surface area (Å²) < 4.78 is 5.67. The van der Waals surface area contributed by atoms with Gasteiger partial charge in [0.05, 0.1) is 6.20 Å². The number of carbonyl (C=O) groups is 2. The van der Waals surface area contributed by atoms with E-state index in [9.17, 15) is 9.59 Å². The van der Waals surface area contributed by atoms with Crippen LogP contribution in [0.5, 0.6) is 0 Å². The van der Waals surface area contributed by atoms with Gasteiger partial charge in [0.15, 0.2) is 5.76 Å². The number of oxazole rings is 1. The second kappa shape index (κ2) is 7.15. The molecule has 5 rings (SSSR count). The van der Waals surface area contributed by atoms with Crippen molar-refractivity contribution in [2.45, 2.75) is 38.8 Å². The van der Waals surface area contributed by atoms with E-state index in [1.54, 1.807) is 18.3 Å². The number of anilines is 1. The van der Waals surface area contributed by atoms with Gasteiger partial charge in [-0.15, -0.1) is 0 Å². The van der Waals surface area contributed by atoms with Crippen LogP contribution in [0.1, 0.15) is 37.4 Å². The number of carbonyl (C=O) groups excluding carboxylic acids is 2. The number of rotatable bonds is 4. The molecule has 0 aliphatic carbocycles. The maximum Gasteiger partial charge on any atom is 0.307 e. The van der Waals surface area contributed by atoms with Crippen molar-refractivity contribution in [1.29, 1.82) is 0 Å². The van der Waals surface area contributed by atoms with Crippen molar-refractivity contribution in [3.8, 4) is 11.3 Å². The molecule has 0 saturated carbocycles. The Morgan fingerprint density at radius 2 is 2.04 bits per heavy atom. The third kappa shape index (κ3) is 3.73. The zero-order chi connectivity index (χ0) is 19.0. The van der Waals surface area contributed by atoms with E-state index in [1.807, 2.05) is 12.1 Å². The van der Waals surface area contributed by atoms with Crippen LogP contribution in [-0.2, 0) is 4.79 Å². The highest BCUT2D eigenvalue weighted by atomic mass is 16.4. The predicted molar refractivity (Wildman–Crippen MR) is 101 cm³/mol. The monoisotopic (exact) mass is 368 g/mol. The molecule has 4 heterocycles. The quantitative estimate of drug-likeness (QED) is 0.866. The first-order valence-electron chi connectivity index (χ1n) is 9.38. The van der Waals surface area contributed by atoms with Gasteiger partial charge in [-0.3, -0.25) is 14.5 Å². The minimum absolute atomic E-state index is 0.0837. The molecule has 2 N–H and O–H groups in total. The van der Waals surface area contributed by atoms with Crippen molar-refractivity contribution in [1.82, 2.24) is 15.2 Å². The van der Waals surface area contributed by atoms with E-state index in [2.05, 4.69) is 27.4 Å². The average Bonchev–Trinajstić information content (AvgIpc) is 3.13. The van der Waals surface area contributed by atoms with Gasteiger partial charge in [0.1, 0.15) is 0 Å². The first-order valence-corrected chi connectivity index (χ1v) is 9.38. The fourth-order valence-electron chi connectivity index (χ4n) is 4.12. The smallest absolute Gasteiger partial charge is 0.307 e. The van der Waals surface area contributed by atoms with Gasteiger partial charge in [-0.25, -0.2) is 4.98 Å². The highest BCUT2D eigenvalue weighted by Crippen LogP contribution is 2.32. The van der Waals surface area contributed by atoms with Gasteiger partial charge < -0.3 is 15.1 Å². The van der Waals surface area contributed by atoms with Crippen LogP contribution >= 0.6 is 0 Å². The molecule has 142 valence electrons. The summed E-state index contributed by atoms with van der Waals surface area (Å²) in [7, 11) is 0. The van der Waals surface area contributed by atoms with Crippen LogP contribution in [0.3, 0.4) is 0 Å². The lowest BCUT2D eigenvalue weighted by atomic mass is 9.80. The molecule has 3 aliphatic rings. The Morgan fingerprint density at radius 1 is 1.26 bits per heavy atom. The zero-order valence-corrected chi connectivity index (χ0v) is 15.6. The van der Waals surface area contributed by atoms with E-state index < -0.39 is 0 Å². The summed E-state index contributed by atoms with van der Waals surface area (Å²) in [6, 6.07) is 7.98. The van der Waals surface area contributed by atoms with Gasteiger partial charge in [-0.1, -0.05) is 0 Å². The number of nitrogens with one attached hydrogen (secondary N) is 2. The zero-order valence-electron chi connectivity index (χ0n) is 15.6. The Bertz CT molecular complexity index is 845. The van der Waals surface area contributed by atoms with Crippen LogP contribution in [0.2, 0.25) is 0 Å². The summed E-state index contributed by atoms with van der Waals surface area (Å²) in [5.41, 5.74) is 1.51. The molecular weight excluding hydrogens is 344 g/mol. The van der Waals surface area contributed by atoms with Crippen molar-refractivity contribution in [2.75, 3.05) is 18.4 Å². The number of amides is 2. The fraction of sp³-hybridized carbons (Fsp3) is 0.450. The van der Waals surface area contributed by atoms with E-state index in [4.69, 9.17) is 4.42 Å². The number of nitrogens with zero attached hydrogens (tertiary/aromatic N) is 2. The van der Waals surface area contributed by atoms with Crippen LogP contribution in [0, 0.1) is 5.92 Å². The third-order valence-corrected chi connectivity index (χ3v) is 5.56. The Balaban J connectivity index is 1.41. The molecule has 1 aromatic carbocycles. The molecule has 3 saturated heterocycles. The molecule has 1 aromatic heterocycles. The maximum atomic E-state index is 12.6. The molecule has 7 heteroatoms. The maximum absolute atomic E-state index is 12.6. The standard InChI is InChI=1S/C20H24N4O3/c1-12-9-15-7-8-24(12)11-17(15)23-19(26)20-21-10-18(27-20)14-3-5-16(6-4-14)22-13(2)25/h3-6,10,12,15,17H,7-9,11H2,1-2H3,(H,22,25)(H,23,26)/t12?,15?,17-/m0/s1. The number of fused-ring (bicyclic) bond motifs is 3. The molecule has 27 heavy (non-hydrogen) atoms. The average molecular weight is 368 g/mol. The molecule has 7 nitrogen and oxygen atoms in total. The topological polar surface area (TPSA) is 87.5 Å². The lowest BCUT2D eigenvalue weighted by molar-refractivity contribution is -0.114. The largest absolute Gasteiger partial charge is 0.432 e. The van der Waals surface area contributed by atoms with Crippen LogP contribution < -0.4 is 10.6 Å². The Hall–Kier alpha value is -2.67. The van der Waals surface area contributed by atoms with Crippen molar-refractivity contribution in [2.24, 2.45) is 5.92 Å². The lowest BCUT2D eigenvalue weighted by Crippen LogP contribution is -2.60. The summed E-state index contributed by atoms with van der Waals surface area (Å²) in [6.45, 7) is 5.73. The minimum atomic E-state index is -0.262. The molecule has 3 unspecified atom stereocenters. The van der Waals surface area contributed by atoms with Crippen LogP contribution in [0.4, 0.5) is 5.69 Å². The number of piperidine rings is 3. The Morgan fingerprint density at radius 3 is 2.67 bits per heavy atom. The molecular formula is C20H24N4O3. The highest BCUT2D eigenvalue weighted by molar-refractivity contribution is 5.90. The fourth-order valence-corrected chi connectivity index (χ4v) is 4.12. The SMILES string of the molecule is CC(=O)Nc1ccc(-c2cnc(C(=O)N[C@H]3CN4CCC3CC4C)o2)cc1. The van der Waals surface area contributed by atoms with E-state index >= 15 is 0 Å². The summed E-state index contributed by atoms with van der Waals surface area (Å²) >= 11 is 0. The third-order valence-electron chi connectivity index (χ3n) is 5.56. The van der Waals surface area contributed by atoms with Crippen molar-refractivity contribution >= 4 is 17.5 Å². The molecule has 0 radical (unpaired) electrons. The summed E-state index contributed by atoms with van der Waals surface area (Å²) in [5.74, 6) is 0.758. The molecule has 0 spiro atoms. The molecule has 3 fully saturated rings. The van der Waals surface area contributed by atoms with Gasteiger partial charge in [0, 0.05) is 36.8 Å². The van der Waals surface area contributed by atoms with Crippen LogP contribution in [-0.4, -0.2) is 46.9 Å². The second-order valence-corrected chi connectivity index (χ2v) is 7.50. The predicted octanol–water partition coefficient (Wildman–Crippen LogP) is 2.51. The van der Waals surface area contributed by atoms with Gasteiger partial charge in [0.2, 0.25) is 5.91 Å². The van der Waals surface area contributed by atoms with Crippen LogP contribution in [0.25, 0.3) is 11.3 Å². The Labute approximate surface area is 158 Å². The number of benzene rings is 1. The highest BCUT2D eigenvalue weighted by Gasteiger charge is 2.39. The summed E-state index contributed by atoms with van der Waals surface area (Å²) in [6.07, 6.45) is 3.82. The van der Waals surface area contributed by atoms with Gasteiger partial charge in [-0.2, -0.15) is 0 Å². The molecule has 2 bridgehead atoms. The lowest BCUT2D eigenvalue weighted by Gasteiger charge is -2.48. The van der Waals surface area contributed by atoms with E-state index in [1.165, 1.54) is 6.92 Å². The number of aromatic nitrogens is 1.